The lowest BCUT2D eigenvalue weighted by molar-refractivity contribution is -0.211. The number of nitrogens with one attached hydrogen (secondary N) is 1. The molecule has 1 amide bonds. The summed E-state index contributed by atoms with van der Waals surface area (Å²) in [6, 6.07) is 9.19. The Hall–Kier alpha value is -2.81. The summed E-state index contributed by atoms with van der Waals surface area (Å²) in [4.78, 5) is 55.0. The average Bonchev–Trinajstić information content (AvgIpc) is 3.10. The van der Waals surface area contributed by atoms with Crippen molar-refractivity contribution in [3.63, 3.8) is 0 Å². The SMILES string of the molecule is COC(=O)[C@@]1(C)CC[C@]2(C)CC[C@]3(C)C(=CC(=O)[C@@H]4[C@@]5(C)CC[C@H](OC(=O)[C@H](CSCc6ccccc6)NC(=O)OC(C)(C)C)C(C)(C)[C@@H]5CC[C@]43C)[C@@H]2C1. The van der Waals surface area contributed by atoms with Gasteiger partial charge in [-0.15, -0.1) is 0 Å². The summed E-state index contributed by atoms with van der Waals surface area (Å²) < 4.78 is 17.3. The summed E-state index contributed by atoms with van der Waals surface area (Å²) in [5.74, 6) is 0.864. The van der Waals surface area contributed by atoms with Crippen molar-refractivity contribution in [2.75, 3.05) is 12.9 Å². The zero-order chi connectivity index (χ0) is 40.4. The second-order valence-corrected chi connectivity index (χ2v) is 21.8. The minimum atomic E-state index is -0.872. The van der Waals surface area contributed by atoms with Gasteiger partial charge in [-0.2, -0.15) is 11.8 Å². The first kappa shape index (κ1) is 41.8. The molecule has 0 aliphatic heterocycles. The number of hydrogen-bond donors (Lipinski definition) is 1. The van der Waals surface area contributed by atoms with Gasteiger partial charge in [-0.05, 0) is 131 Å². The molecule has 1 aromatic rings. The van der Waals surface area contributed by atoms with E-state index >= 15 is 0 Å². The van der Waals surface area contributed by atoms with Crippen molar-refractivity contribution < 1.29 is 33.4 Å². The second-order valence-electron chi connectivity index (χ2n) is 20.7. The Labute approximate surface area is 334 Å². The van der Waals surface area contributed by atoms with Crippen LogP contribution in [0.15, 0.2) is 42.0 Å². The van der Waals surface area contributed by atoms with Gasteiger partial charge in [-0.3, -0.25) is 9.59 Å². The van der Waals surface area contributed by atoms with Crippen LogP contribution in [0.5, 0.6) is 0 Å². The van der Waals surface area contributed by atoms with Crippen LogP contribution in [-0.2, 0) is 34.3 Å². The quantitative estimate of drug-likeness (QED) is 0.205. The number of rotatable bonds is 8. The topological polar surface area (TPSA) is 108 Å². The molecule has 1 N–H and O–H groups in total. The summed E-state index contributed by atoms with van der Waals surface area (Å²) in [5.41, 5.74) is 0.131. The number of hydrogen-bond acceptors (Lipinski definition) is 8. The molecule has 0 spiro atoms. The molecule has 8 nitrogen and oxygen atoms in total. The molecular weight excluding hydrogens is 711 g/mol. The lowest BCUT2D eigenvalue weighted by Gasteiger charge is -2.70. The maximum Gasteiger partial charge on any atom is 0.408 e. The number of methoxy groups -OCH3 is 1. The molecule has 304 valence electrons. The van der Waals surface area contributed by atoms with E-state index in [1.165, 1.54) is 12.7 Å². The van der Waals surface area contributed by atoms with E-state index in [0.717, 1.165) is 56.9 Å². The van der Waals surface area contributed by atoms with Gasteiger partial charge in [0.25, 0.3) is 0 Å². The van der Waals surface area contributed by atoms with E-state index in [1.54, 1.807) is 32.5 Å². The first-order valence-corrected chi connectivity index (χ1v) is 21.8. The Bertz CT molecular complexity index is 1700. The fourth-order valence-electron chi connectivity index (χ4n) is 12.5. The van der Waals surface area contributed by atoms with E-state index in [2.05, 4.69) is 53.8 Å². The third-order valence-corrected chi connectivity index (χ3v) is 16.9. The van der Waals surface area contributed by atoms with Gasteiger partial charge in [0.2, 0.25) is 0 Å². The highest BCUT2D eigenvalue weighted by Crippen LogP contribution is 2.75. The normalized spacial score (nSPS) is 38.5. The van der Waals surface area contributed by atoms with E-state index < -0.39 is 34.5 Å². The lowest BCUT2D eigenvalue weighted by atomic mass is 9.33. The fourth-order valence-corrected chi connectivity index (χ4v) is 13.5. The number of benzene rings is 1. The average molecular weight is 778 g/mol. The van der Waals surface area contributed by atoms with Gasteiger partial charge in [-0.1, -0.05) is 77.4 Å². The maximum atomic E-state index is 14.9. The van der Waals surface area contributed by atoms with E-state index in [1.807, 2.05) is 36.4 Å². The van der Waals surface area contributed by atoms with Gasteiger partial charge in [0.1, 0.15) is 17.7 Å². The number of allylic oxidation sites excluding steroid dienone is 2. The first-order chi connectivity index (χ1) is 25.5. The van der Waals surface area contributed by atoms with Crippen molar-refractivity contribution in [3.8, 4) is 0 Å². The largest absolute Gasteiger partial charge is 0.469 e. The number of ketones is 1. The Morgan fingerprint density at radius 3 is 2.24 bits per heavy atom. The zero-order valence-electron chi connectivity index (χ0n) is 35.4. The third kappa shape index (κ3) is 7.31. The molecule has 0 radical (unpaired) electrons. The van der Waals surface area contributed by atoms with Crippen molar-refractivity contribution in [3.05, 3.63) is 47.5 Å². The number of esters is 2. The van der Waals surface area contributed by atoms with Crippen molar-refractivity contribution in [1.82, 2.24) is 5.32 Å². The molecule has 5 aliphatic rings. The number of amides is 1. The molecule has 10 atom stereocenters. The highest BCUT2D eigenvalue weighted by atomic mass is 32.2. The molecule has 4 fully saturated rings. The summed E-state index contributed by atoms with van der Waals surface area (Å²) in [7, 11) is 1.49. The summed E-state index contributed by atoms with van der Waals surface area (Å²) in [6.45, 7) is 21.4. The molecule has 1 aromatic carbocycles. The minimum absolute atomic E-state index is 0.0592. The Balaban J connectivity index is 1.23. The van der Waals surface area contributed by atoms with E-state index in [9.17, 15) is 19.2 Å². The minimum Gasteiger partial charge on any atom is -0.469 e. The standard InChI is InChI=1S/C46H67NO7S/c1-40(2,3)54-39(51)47-32(28-55-27-29-15-13-12-14-16-29)37(49)53-35-18-19-44(8)34(41(35,4)5)17-20-46(10)36(44)33(48)25-30-31-26-43(7,38(50)52-11)22-21-42(31,6)23-24-45(30,46)9/h12-16,25,31-32,34-36H,17-24,26-28H2,1-11H3,(H,47,51)/t31-,32-,34-,35-,36+,42+,43-,44-,45+,46+/m0/s1. The molecule has 0 unspecified atom stereocenters. The van der Waals surface area contributed by atoms with E-state index in [-0.39, 0.29) is 57.3 Å². The van der Waals surface area contributed by atoms with Crippen LogP contribution in [0.25, 0.3) is 0 Å². The lowest BCUT2D eigenvalue weighted by Crippen LogP contribution is -2.67. The van der Waals surface area contributed by atoms with Gasteiger partial charge >= 0.3 is 18.0 Å². The van der Waals surface area contributed by atoms with Gasteiger partial charge in [0.05, 0.1) is 12.5 Å². The Kier molecular flexibility index (Phi) is 11.1. The van der Waals surface area contributed by atoms with Crippen molar-refractivity contribution in [2.24, 2.45) is 50.2 Å². The monoisotopic (exact) mass is 777 g/mol. The van der Waals surface area contributed by atoms with E-state index in [4.69, 9.17) is 14.2 Å². The first-order valence-electron chi connectivity index (χ1n) is 20.7. The van der Waals surface area contributed by atoms with Crippen LogP contribution in [0.1, 0.15) is 133 Å². The van der Waals surface area contributed by atoms with Gasteiger partial charge in [0, 0.05) is 22.8 Å². The highest BCUT2D eigenvalue weighted by molar-refractivity contribution is 7.98. The molecule has 6 rings (SSSR count). The molecule has 0 saturated heterocycles. The number of alkyl carbamates (subject to hydrolysis) is 1. The van der Waals surface area contributed by atoms with Crippen LogP contribution in [0.2, 0.25) is 0 Å². The number of carbonyl (C=O) groups excluding carboxylic acids is 4. The van der Waals surface area contributed by atoms with Gasteiger partial charge < -0.3 is 19.5 Å². The van der Waals surface area contributed by atoms with Gasteiger partial charge in [-0.25, -0.2) is 9.59 Å². The summed E-state index contributed by atoms with van der Waals surface area (Å²) in [5, 5.41) is 2.82. The van der Waals surface area contributed by atoms with Crippen LogP contribution >= 0.6 is 11.8 Å². The van der Waals surface area contributed by atoms with Crippen molar-refractivity contribution in [1.29, 1.82) is 0 Å². The van der Waals surface area contributed by atoms with Crippen molar-refractivity contribution in [2.45, 2.75) is 151 Å². The predicted octanol–water partition coefficient (Wildman–Crippen LogP) is 9.88. The summed E-state index contributed by atoms with van der Waals surface area (Å²) >= 11 is 1.57. The molecule has 55 heavy (non-hydrogen) atoms. The van der Waals surface area contributed by atoms with Crippen LogP contribution in [0, 0.1) is 50.2 Å². The Morgan fingerprint density at radius 2 is 1.58 bits per heavy atom. The molecular formula is C46H67NO7S. The van der Waals surface area contributed by atoms with Crippen LogP contribution < -0.4 is 5.32 Å². The highest BCUT2D eigenvalue weighted by Gasteiger charge is 2.70. The van der Waals surface area contributed by atoms with Crippen LogP contribution in [0.3, 0.4) is 0 Å². The maximum absolute atomic E-state index is 14.9. The van der Waals surface area contributed by atoms with E-state index in [0.29, 0.717) is 17.9 Å². The fraction of sp³-hybridized carbons (Fsp3) is 0.739. The molecule has 4 saturated carbocycles. The number of carbonyl (C=O) groups is 4. The number of ether oxygens (including phenoxy) is 3. The molecule has 9 heteroatoms. The number of fused-ring (bicyclic) bond motifs is 7. The molecule has 5 aliphatic carbocycles. The predicted molar refractivity (Wildman–Crippen MR) is 217 cm³/mol. The smallest absolute Gasteiger partial charge is 0.408 e. The molecule has 0 aromatic heterocycles. The Morgan fingerprint density at radius 1 is 0.909 bits per heavy atom. The number of thioether (sulfide) groups is 1. The molecule has 0 bridgehead atoms. The molecule has 0 heterocycles. The summed E-state index contributed by atoms with van der Waals surface area (Å²) in [6.07, 6.45) is 8.95. The van der Waals surface area contributed by atoms with Crippen LogP contribution in [-0.4, -0.2) is 54.4 Å². The van der Waals surface area contributed by atoms with Crippen molar-refractivity contribution >= 4 is 35.6 Å². The second kappa shape index (κ2) is 14.5. The van der Waals surface area contributed by atoms with Gasteiger partial charge in [0.15, 0.2) is 5.78 Å². The zero-order valence-corrected chi connectivity index (χ0v) is 36.2. The third-order valence-electron chi connectivity index (χ3n) is 15.8. The van der Waals surface area contributed by atoms with Crippen LogP contribution in [0.4, 0.5) is 4.79 Å².